The third-order valence-corrected chi connectivity index (χ3v) is 2.17. The van der Waals surface area contributed by atoms with Crippen molar-refractivity contribution in [3.63, 3.8) is 0 Å². The first-order chi connectivity index (χ1) is 7.54. The Labute approximate surface area is 92.6 Å². The zero-order chi connectivity index (χ0) is 12.1. The van der Waals surface area contributed by atoms with Crippen LogP contribution in [0.15, 0.2) is 18.2 Å². The maximum Gasteiger partial charge on any atom is 0.221 e. The first-order valence-corrected chi connectivity index (χ1v) is 4.99. The van der Waals surface area contributed by atoms with Crippen LogP contribution in [-0.2, 0) is 4.79 Å². The molecule has 1 unspecified atom stereocenters. The number of nitrogens with two attached hydrogens (primary N) is 1. The first kappa shape index (κ1) is 12.6. The summed E-state index contributed by atoms with van der Waals surface area (Å²) in [6.45, 7) is 1.82. The summed E-state index contributed by atoms with van der Waals surface area (Å²) in [4.78, 5) is 11.2. The Balaban J connectivity index is 2.76. The second kappa shape index (κ2) is 5.55. The minimum Gasteiger partial charge on any atom is -0.349 e. The summed E-state index contributed by atoms with van der Waals surface area (Å²) in [6, 6.07) is 2.57. The van der Waals surface area contributed by atoms with Gasteiger partial charge in [-0.3, -0.25) is 4.79 Å². The van der Waals surface area contributed by atoms with Gasteiger partial charge in [-0.1, -0.05) is 0 Å². The maximum atomic E-state index is 13.3. The summed E-state index contributed by atoms with van der Waals surface area (Å²) < 4.78 is 26.2. The van der Waals surface area contributed by atoms with Crippen molar-refractivity contribution in [2.24, 2.45) is 5.73 Å². The molecule has 0 aliphatic heterocycles. The summed E-state index contributed by atoms with van der Waals surface area (Å²) in [5.41, 5.74) is 5.33. The van der Waals surface area contributed by atoms with Crippen LogP contribution in [0.5, 0.6) is 0 Å². The number of hydrogen-bond acceptors (Lipinski definition) is 2. The Morgan fingerprint density at radius 1 is 1.50 bits per heavy atom. The van der Waals surface area contributed by atoms with Gasteiger partial charge in [0.15, 0.2) is 0 Å². The zero-order valence-electron chi connectivity index (χ0n) is 8.97. The van der Waals surface area contributed by atoms with Gasteiger partial charge in [-0.2, -0.15) is 0 Å². The molecule has 3 nitrogen and oxygen atoms in total. The monoisotopic (exact) mass is 228 g/mol. The molecule has 16 heavy (non-hydrogen) atoms. The first-order valence-electron chi connectivity index (χ1n) is 4.99. The summed E-state index contributed by atoms with van der Waals surface area (Å²) in [6.07, 6.45) is 0.168. The molecule has 0 heterocycles. The molecular formula is C11H14F2N2O. The molecule has 1 rings (SSSR count). The number of amides is 1. The Morgan fingerprint density at radius 3 is 2.81 bits per heavy atom. The summed E-state index contributed by atoms with van der Waals surface area (Å²) >= 11 is 0. The van der Waals surface area contributed by atoms with Crippen molar-refractivity contribution < 1.29 is 13.6 Å². The molecule has 0 saturated carbocycles. The predicted molar refractivity (Wildman–Crippen MR) is 56.6 cm³/mol. The van der Waals surface area contributed by atoms with E-state index < -0.39 is 17.7 Å². The van der Waals surface area contributed by atoms with Crippen molar-refractivity contribution in [3.8, 4) is 0 Å². The number of halogens is 2. The van der Waals surface area contributed by atoms with Crippen molar-refractivity contribution in [1.29, 1.82) is 0 Å². The number of nitrogens with one attached hydrogen (secondary N) is 1. The van der Waals surface area contributed by atoms with Crippen molar-refractivity contribution in [3.05, 3.63) is 35.4 Å². The molecular weight excluding hydrogens is 214 g/mol. The third kappa shape index (κ3) is 3.27. The highest BCUT2D eigenvalue weighted by molar-refractivity contribution is 5.76. The van der Waals surface area contributed by atoms with Gasteiger partial charge in [0.25, 0.3) is 0 Å². The second-order valence-electron chi connectivity index (χ2n) is 3.49. The average molecular weight is 228 g/mol. The number of hydrogen-bond donors (Lipinski definition) is 2. The minimum atomic E-state index is -0.574. The van der Waals surface area contributed by atoms with E-state index in [0.717, 1.165) is 18.2 Å². The quantitative estimate of drug-likeness (QED) is 0.820. The standard InChI is InChI=1S/C11H14F2N2O/c1-7(15-11(16)4-5-14)9-6-8(12)2-3-10(9)13/h2-3,6-7H,4-5,14H2,1H3,(H,15,16). The number of carbonyl (C=O) groups excluding carboxylic acids is 1. The molecule has 1 aromatic rings. The molecule has 1 atom stereocenters. The minimum absolute atomic E-state index is 0.130. The molecule has 0 fully saturated rings. The van der Waals surface area contributed by atoms with E-state index in [1.807, 2.05) is 0 Å². The van der Waals surface area contributed by atoms with Gasteiger partial charge < -0.3 is 11.1 Å². The largest absolute Gasteiger partial charge is 0.349 e. The van der Waals surface area contributed by atoms with E-state index in [0.29, 0.717) is 0 Å². The van der Waals surface area contributed by atoms with E-state index in [1.54, 1.807) is 6.92 Å². The lowest BCUT2D eigenvalue weighted by Crippen LogP contribution is -2.28. The Bertz CT molecular complexity index is 382. The van der Waals surface area contributed by atoms with Crippen LogP contribution in [0.25, 0.3) is 0 Å². The van der Waals surface area contributed by atoms with Crippen LogP contribution in [0.1, 0.15) is 24.9 Å². The molecule has 88 valence electrons. The van der Waals surface area contributed by atoms with Gasteiger partial charge in [0, 0.05) is 18.5 Å². The summed E-state index contributed by atoms with van der Waals surface area (Å²) in [5.74, 6) is -1.35. The van der Waals surface area contributed by atoms with Gasteiger partial charge in [0.05, 0.1) is 6.04 Å². The van der Waals surface area contributed by atoms with Gasteiger partial charge in [0.2, 0.25) is 5.91 Å². The predicted octanol–water partition coefficient (Wildman–Crippen LogP) is 1.49. The van der Waals surface area contributed by atoms with Crippen LogP contribution in [0.4, 0.5) is 8.78 Å². The Hall–Kier alpha value is -1.49. The number of rotatable bonds is 4. The lowest BCUT2D eigenvalue weighted by Gasteiger charge is -2.14. The summed E-state index contributed by atoms with van der Waals surface area (Å²) in [5, 5.41) is 2.54. The van der Waals surface area contributed by atoms with Crippen LogP contribution in [-0.4, -0.2) is 12.5 Å². The van der Waals surface area contributed by atoms with Gasteiger partial charge in [-0.25, -0.2) is 8.78 Å². The Morgan fingerprint density at radius 2 is 2.19 bits per heavy atom. The lowest BCUT2D eigenvalue weighted by atomic mass is 10.1. The average Bonchev–Trinajstić information content (AvgIpc) is 2.21. The topological polar surface area (TPSA) is 55.1 Å². The van der Waals surface area contributed by atoms with Gasteiger partial charge >= 0.3 is 0 Å². The van der Waals surface area contributed by atoms with Gasteiger partial charge in [0.1, 0.15) is 11.6 Å². The normalized spacial score (nSPS) is 12.2. The fourth-order valence-corrected chi connectivity index (χ4v) is 1.37. The highest BCUT2D eigenvalue weighted by atomic mass is 19.1. The molecule has 1 aromatic carbocycles. The molecule has 0 aliphatic carbocycles. The van der Waals surface area contributed by atoms with Crippen LogP contribution < -0.4 is 11.1 Å². The highest BCUT2D eigenvalue weighted by Crippen LogP contribution is 2.17. The molecule has 0 saturated heterocycles. The zero-order valence-corrected chi connectivity index (χ0v) is 8.97. The molecule has 0 bridgehead atoms. The van der Waals surface area contributed by atoms with Crippen molar-refractivity contribution in [1.82, 2.24) is 5.32 Å². The number of benzene rings is 1. The lowest BCUT2D eigenvalue weighted by molar-refractivity contribution is -0.121. The van der Waals surface area contributed by atoms with Crippen LogP contribution in [0.3, 0.4) is 0 Å². The fourth-order valence-electron chi connectivity index (χ4n) is 1.37. The van der Waals surface area contributed by atoms with Gasteiger partial charge in [-0.05, 0) is 25.1 Å². The second-order valence-corrected chi connectivity index (χ2v) is 3.49. The van der Waals surface area contributed by atoms with Gasteiger partial charge in [-0.15, -0.1) is 0 Å². The highest BCUT2D eigenvalue weighted by Gasteiger charge is 2.13. The molecule has 0 aliphatic rings. The van der Waals surface area contributed by atoms with E-state index in [1.165, 1.54) is 0 Å². The SMILES string of the molecule is CC(NC(=O)CCN)c1cc(F)ccc1F. The molecule has 1 amide bonds. The maximum absolute atomic E-state index is 13.3. The van der Waals surface area contributed by atoms with E-state index in [-0.39, 0.29) is 24.4 Å². The van der Waals surface area contributed by atoms with E-state index >= 15 is 0 Å². The van der Waals surface area contributed by atoms with Crippen molar-refractivity contribution >= 4 is 5.91 Å². The van der Waals surface area contributed by atoms with E-state index in [4.69, 9.17) is 5.73 Å². The molecule has 0 aromatic heterocycles. The fraction of sp³-hybridized carbons (Fsp3) is 0.364. The van der Waals surface area contributed by atoms with Crippen molar-refractivity contribution in [2.75, 3.05) is 6.54 Å². The smallest absolute Gasteiger partial charge is 0.221 e. The molecule has 0 spiro atoms. The summed E-state index contributed by atoms with van der Waals surface area (Å²) in [7, 11) is 0. The van der Waals surface area contributed by atoms with Crippen LogP contribution in [0, 0.1) is 11.6 Å². The van der Waals surface area contributed by atoms with E-state index in [2.05, 4.69) is 5.32 Å². The number of carbonyl (C=O) groups is 1. The molecule has 5 heteroatoms. The van der Waals surface area contributed by atoms with Crippen LogP contribution in [0.2, 0.25) is 0 Å². The van der Waals surface area contributed by atoms with E-state index in [9.17, 15) is 13.6 Å². The Kier molecular flexibility index (Phi) is 4.37. The van der Waals surface area contributed by atoms with Crippen molar-refractivity contribution in [2.45, 2.75) is 19.4 Å². The third-order valence-electron chi connectivity index (χ3n) is 2.17. The van der Waals surface area contributed by atoms with Crippen LogP contribution >= 0.6 is 0 Å². The molecule has 0 radical (unpaired) electrons. The molecule has 3 N–H and O–H groups in total.